The van der Waals surface area contributed by atoms with Gasteiger partial charge >= 0.3 is 0 Å². The molecule has 0 spiro atoms. The molecule has 0 rings (SSSR count). The summed E-state index contributed by atoms with van der Waals surface area (Å²) in [4.78, 5) is 10.5. The molecule has 0 aromatic carbocycles. The van der Waals surface area contributed by atoms with Gasteiger partial charge in [-0.1, -0.05) is 0 Å². The van der Waals surface area contributed by atoms with E-state index < -0.39 is 0 Å². The van der Waals surface area contributed by atoms with Gasteiger partial charge in [0.15, 0.2) is 5.78 Å². The first kappa shape index (κ1) is 7.75. The van der Waals surface area contributed by atoms with Gasteiger partial charge in [-0.2, -0.15) is 0 Å². The van der Waals surface area contributed by atoms with E-state index in [4.69, 9.17) is 10.8 Å². The molecule has 0 amide bonds. The highest BCUT2D eigenvalue weighted by Crippen LogP contribution is 1.88. The molecule has 0 aromatic rings. The molecule has 0 fully saturated rings. The zero-order valence-electron chi connectivity index (χ0n) is 5.14. The van der Waals surface area contributed by atoms with Crippen LogP contribution in [0.2, 0.25) is 0 Å². The lowest BCUT2D eigenvalue weighted by molar-refractivity contribution is -0.109. The van der Waals surface area contributed by atoms with E-state index in [-0.39, 0.29) is 5.78 Å². The summed E-state index contributed by atoms with van der Waals surface area (Å²) < 4.78 is 0. The number of rotatable bonds is 3. The molecule has 2 N–H and O–H groups in total. The summed E-state index contributed by atoms with van der Waals surface area (Å²) in [5.41, 5.74) is 0.417. The van der Waals surface area contributed by atoms with Crippen molar-refractivity contribution in [2.24, 2.45) is 0 Å². The molecular weight excluding hydrogens is 116 g/mol. The van der Waals surface area contributed by atoms with Crippen molar-refractivity contribution in [3.8, 4) is 0 Å². The van der Waals surface area contributed by atoms with Gasteiger partial charge in [-0.05, 0) is 18.6 Å². The minimum Gasteiger partial charge on any atom is -0.309 e. The van der Waals surface area contributed by atoms with Crippen molar-refractivity contribution in [2.45, 2.75) is 6.92 Å². The zero-order valence-corrected chi connectivity index (χ0v) is 5.14. The van der Waals surface area contributed by atoms with Crippen LogP contribution in [0, 0.1) is 10.8 Å². The molecule has 0 bridgehead atoms. The lowest BCUT2D eigenvalue weighted by Gasteiger charge is -1.86. The van der Waals surface area contributed by atoms with Crippen LogP contribution in [-0.2, 0) is 4.79 Å². The highest BCUT2D eigenvalue weighted by atomic mass is 16.1. The van der Waals surface area contributed by atoms with E-state index in [2.05, 4.69) is 0 Å². The summed E-state index contributed by atoms with van der Waals surface area (Å²) in [6.07, 6.45) is 3.11. The van der Waals surface area contributed by atoms with Gasteiger partial charge in [0.1, 0.15) is 0 Å². The molecule has 0 heterocycles. The van der Waals surface area contributed by atoms with Crippen LogP contribution in [-0.4, -0.2) is 18.2 Å². The Morgan fingerprint density at radius 3 is 2.33 bits per heavy atom. The maximum absolute atomic E-state index is 10.5. The van der Waals surface area contributed by atoms with Gasteiger partial charge in [-0.3, -0.25) is 4.79 Å². The standard InChI is InChI=1S/C6H8N2O/c1-5(2-3-7)6(9)4-8/h2-4,7-8H,1H3/b5-2+,7-3?,8-4?. The largest absolute Gasteiger partial charge is 0.309 e. The van der Waals surface area contributed by atoms with E-state index in [1.165, 1.54) is 6.08 Å². The Hall–Kier alpha value is -1.25. The third-order valence-electron chi connectivity index (χ3n) is 0.853. The maximum Gasteiger partial charge on any atom is 0.199 e. The molecule has 0 unspecified atom stereocenters. The van der Waals surface area contributed by atoms with E-state index in [0.717, 1.165) is 12.4 Å². The van der Waals surface area contributed by atoms with Gasteiger partial charge in [-0.15, -0.1) is 0 Å². The first-order chi connectivity index (χ1) is 4.22. The molecular formula is C6H8N2O. The second-order valence-electron chi connectivity index (χ2n) is 1.52. The van der Waals surface area contributed by atoms with Gasteiger partial charge < -0.3 is 10.8 Å². The van der Waals surface area contributed by atoms with E-state index in [1.807, 2.05) is 0 Å². The van der Waals surface area contributed by atoms with Crippen molar-refractivity contribution in [3.05, 3.63) is 11.6 Å². The van der Waals surface area contributed by atoms with Crippen LogP contribution < -0.4 is 0 Å². The summed E-state index contributed by atoms with van der Waals surface area (Å²) in [7, 11) is 0. The van der Waals surface area contributed by atoms with Crippen LogP contribution in [0.25, 0.3) is 0 Å². The van der Waals surface area contributed by atoms with Crippen LogP contribution in [0.3, 0.4) is 0 Å². The number of carbonyl (C=O) groups excluding carboxylic acids is 1. The molecule has 0 saturated heterocycles. The molecule has 0 aliphatic carbocycles. The Kier molecular flexibility index (Phi) is 3.20. The number of allylic oxidation sites excluding steroid dienone is 2. The monoisotopic (exact) mass is 124 g/mol. The van der Waals surface area contributed by atoms with E-state index >= 15 is 0 Å². The minimum absolute atomic E-state index is 0.349. The lowest BCUT2D eigenvalue weighted by atomic mass is 10.2. The van der Waals surface area contributed by atoms with Crippen LogP contribution in [0.4, 0.5) is 0 Å². The fraction of sp³-hybridized carbons (Fsp3) is 0.167. The number of ketones is 1. The quantitative estimate of drug-likeness (QED) is 0.424. The van der Waals surface area contributed by atoms with E-state index in [1.54, 1.807) is 6.92 Å². The van der Waals surface area contributed by atoms with Crippen molar-refractivity contribution in [3.63, 3.8) is 0 Å². The lowest BCUT2D eigenvalue weighted by Crippen LogP contribution is -1.98. The predicted octanol–water partition coefficient (Wildman–Crippen LogP) is 0.801. The summed E-state index contributed by atoms with van der Waals surface area (Å²) in [6.45, 7) is 1.57. The van der Waals surface area contributed by atoms with Gasteiger partial charge in [-0.25, -0.2) is 0 Å². The van der Waals surface area contributed by atoms with E-state index in [9.17, 15) is 4.79 Å². The van der Waals surface area contributed by atoms with Crippen LogP contribution in [0.1, 0.15) is 6.92 Å². The van der Waals surface area contributed by atoms with Gasteiger partial charge in [0.2, 0.25) is 0 Å². The molecule has 0 atom stereocenters. The normalized spacial score (nSPS) is 10.6. The number of hydrogen-bond acceptors (Lipinski definition) is 3. The minimum atomic E-state index is -0.349. The molecule has 0 aliphatic heterocycles. The topological polar surface area (TPSA) is 64.8 Å². The zero-order chi connectivity index (χ0) is 7.28. The molecule has 0 aromatic heterocycles. The summed E-state index contributed by atoms with van der Waals surface area (Å²) in [5, 5.41) is 13.1. The molecule has 3 heteroatoms. The van der Waals surface area contributed by atoms with Gasteiger partial charge in [0.05, 0.1) is 6.21 Å². The molecule has 3 nitrogen and oxygen atoms in total. The van der Waals surface area contributed by atoms with E-state index in [0.29, 0.717) is 5.57 Å². The van der Waals surface area contributed by atoms with Gasteiger partial charge in [0.25, 0.3) is 0 Å². The third kappa shape index (κ3) is 2.54. The van der Waals surface area contributed by atoms with Crippen molar-refractivity contribution >= 4 is 18.2 Å². The highest BCUT2D eigenvalue weighted by Gasteiger charge is 1.95. The Morgan fingerprint density at radius 2 is 2.00 bits per heavy atom. The number of carbonyl (C=O) groups is 1. The van der Waals surface area contributed by atoms with Crippen LogP contribution >= 0.6 is 0 Å². The van der Waals surface area contributed by atoms with Crippen molar-refractivity contribution in [1.82, 2.24) is 0 Å². The average Bonchev–Trinajstić information content (AvgIpc) is 1.87. The molecule has 0 saturated carbocycles. The number of hydrogen-bond donors (Lipinski definition) is 2. The highest BCUT2D eigenvalue weighted by molar-refractivity contribution is 6.34. The van der Waals surface area contributed by atoms with Crippen molar-refractivity contribution in [1.29, 1.82) is 10.8 Å². The molecule has 0 radical (unpaired) electrons. The summed E-state index contributed by atoms with van der Waals surface area (Å²) >= 11 is 0. The Morgan fingerprint density at radius 1 is 1.44 bits per heavy atom. The number of Topliss-reactive ketones (excluding diaryl/α,β-unsaturated/α-hetero) is 1. The Labute approximate surface area is 53.4 Å². The first-order valence-corrected chi connectivity index (χ1v) is 2.44. The van der Waals surface area contributed by atoms with Crippen LogP contribution in [0.15, 0.2) is 11.6 Å². The third-order valence-corrected chi connectivity index (χ3v) is 0.853. The Balaban J connectivity index is 4.18. The smallest absolute Gasteiger partial charge is 0.199 e. The van der Waals surface area contributed by atoms with Crippen molar-refractivity contribution < 1.29 is 4.79 Å². The second-order valence-corrected chi connectivity index (χ2v) is 1.52. The Bertz CT molecular complexity index is 170. The predicted molar refractivity (Wildman–Crippen MR) is 36.3 cm³/mol. The van der Waals surface area contributed by atoms with Gasteiger partial charge in [0, 0.05) is 6.21 Å². The maximum atomic E-state index is 10.5. The SMILES string of the molecule is C/C(=C\C=N)C(=O)C=N. The van der Waals surface area contributed by atoms with Crippen molar-refractivity contribution in [2.75, 3.05) is 0 Å². The molecule has 9 heavy (non-hydrogen) atoms. The molecule has 48 valence electrons. The summed E-state index contributed by atoms with van der Waals surface area (Å²) in [6, 6.07) is 0. The number of nitrogens with one attached hydrogen (secondary N) is 2. The second kappa shape index (κ2) is 3.72. The fourth-order valence-electron chi connectivity index (χ4n) is 0.321. The fourth-order valence-corrected chi connectivity index (χ4v) is 0.321. The van der Waals surface area contributed by atoms with Crippen LogP contribution in [0.5, 0.6) is 0 Å². The molecule has 0 aliphatic rings. The first-order valence-electron chi connectivity index (χ1n) is 2.44. The average molecular weight is 124 g/mol. The summed E-state index contributed by atoms with van der Waals surface area (Å²) in [5.74, 6) is -0.349.